The molecule has 0 radical (unpaired) electrons. The van der Waals surface area contributed by atoms with Crippen LogP contribution in [0.5, 0.6) is 5.75 Å². The zero-order chi connectivity index (χ0) is 16.9. The van der Waals surface area contributed by atoms with Crippen LogP contribution in [0.4, 0.5) is 13.2 Å². The van der Waals surface area contributed by atoms with Gasteiger partial charge in [0, 0.05) is 25.7 Å². The van der Waals surface area contributed by atoms with Gasteiger partial charge < -0.3 is 5.11 Å². The maximum atomic E-state index is 13.7. The summed E-state index contributed by atoms with van der Waals surface area (Å²) in [6.07, 6.45) is 1.94. The number of halogens is 3. The predicted octanol–water partition coefficient (Wildman–Crippen LogP) is 2.17. The quantitative estimate of drug-likeness (QED) is 0.914. The molecule has 1 aromatic heterocycles. The molecule has 126 valence electrons. The van der Waals surface area contributed by atoms with Gasteiger partial charge in [-0.15, -0.1) is 0 Å². The van der Waals surface area contributed by atoms with Crippen LogP contribution in [0.3, 0.4) is 0 Å². The molecule has 24 heavy (non-hydrogen) atoms. The Morgan fingerprint density at radius 2 is 1.83 bits per heavy atom. The average molecular weight is 337 g/mol. The van der Waals surface area contributed by atoms with Crippen LogP contribution in [0, 0.1) is 11.6 Å². The van der Waals surface area contributed by atoms with Crippen molar-refractivity contribution < 1.29 is 18.3 Å². The maximum absolute atomic E-state index is 13.7. The highest BCUT2D eigenvalue weighted by Crippen LogP contribution is 2.66. The fourth-order valence-corrected chi connectivity index (χ4v) is 4.54. The van der Waals surface area contributed by atoms with Crippen LogP contribution in [-0.4, -0.2) is 25.1 Å². The smallest absolute Gasteiger partial charge is 0.347 e. The van der Waals surface area contributed by atoms with Crippen LogP contribution in [0.25, 0.3) is 0 Å². The molecule has 0 spiro atoms. The number of rotatable bonds is 2. The van der Waals surface area contributed by atoms with Crippen molar-refractivity contribution in [2.24, 2.45) is 0 Å². The topological polar surface area (TPSA) is 60.0 Å². The summed E-state index contributed by atoms with van der Waals surface area (Å²) in [4.78, 5) is 12.8. The van der Waals surface area contributed by atoms with Gasteiger partial charge in [-0.25, -0.2) is 22.6 Å². The molecule has 1 aliphatic heterocycles. The molecule has 3 saturated carbocycles. The summed E-state index contributed by atoms with van der Waals surface area (Å²) in [7, 11) is 0. The lowest BCUT2D eigenvalue weighted by Gasteiger charge is -2.64. The normalized spacial score (nSPS) is 33.0. The fraction of sp³-hybridized carbons (Fsp3) is 0.500. The molecular weight excluding hydrogens is 323 g/mol. The first-order chi connectivity index (χ1) is 11.3. The number of hydrogen-bond donors (Lipinski definition) is 1. The van der Waals surface area contributed by atoms with Gasteiger partial charge in [0.15, 0.2) is 17.4 Å². The standard InChI is InChI=1S/C16H14F3N3O2/c17-9-3-8(4-10(18)13(9)23)11-1-2-12-20-22(14(24)21(11)12)16-5-15(19,6-16)7-16/h3-4,11,23H,1-2,5-7H2. The van der Waals surface area contributed by atoms with Crippen molar-refractivity contribution in [3.63, 3.8) is 0 Å². The molecule has 3 aliphatic carbocycles. The fourth-order valence-electron chi connectivity index (χ4n) is 4.54. The van der Waals surface area contributed by atoms with Gasteiger partial charge in [-0.3, -0.25) is 4.57 Å². The van der Waals surface area contributed by atoms with E-state index in [1.54, 1.807) is 0 Å². The van der Waals surface area contributed by atoms with Crippen LogP contribution in [0.1, 0.15) is 43.1 Å². The van der Waals surface area contributed by atoms with Crippen molar-refractivity contribution >= 4 is 0 Å². The molecule has 1 N–H and O–H groups in total. The van der Waals surface area contributed by atoms with Crippen LogP contribution in [0.15, 0.2) is 16.9 Å². The molecule has 2 heterocycles. The molecule has 2 aromatic rings. The summed E-state index contributed by atoms with van der Waals surface area (Å²) in [5.74, 6) is -2.59. The highest BCUT2D eigenvalue weighted by molar-refractivity contribution is 5.33. The number of aromatic hydroxyl groups is 1. The number of nitrogens with zero attached hydrogens (tertiary/aromatic N) is 3. The zero-order valence-corrected chi connectivity index (χ0v) is 12.6. The number of phenols is 1. The summed E-state index contributed by atoms with van der Waals surface area (Å²) in [6.45, 7) is 0. The maximum Gasteiger partial charge on any atom is 0.347 e. The molecule has 3 fully saturated rings. The third-order valence-corrected chi connectivity index (χ3v) is 5.64. The molecule has 2 bridgehead atoms. The van der Waals surface area contributed by atoms with Crippen molar-refractivity contribution in [2.75, 3.05) is 0 Å². The van der Waals surface area contributed by atoms with Crippen LogP contribution >= 0.6 is 0 Å². The lowest BCUT2D eigenvalue weighted by atomic mass is 9.47. The van der Waals surface area contributed by atoms with E-state index in [1.807, 2.05) is 0 Å². The Hall–Kier alpha value is -2.25. The van der Waals surface area contributed by atoms with Gasteiger partial charge in [0.05, 0.1) is 11.6 Å². The van der Waals surface area contributed by atoms with Crippen molar-refractivity contribution in [1.82, 2.24) is 14.3 Å². The first kappa shape index (κ1) is 14.1. The number of phenolic OH excluding ortho intramolecular Hbond substituents is 1. The minimum atomic E-state index is -1.14. The Balaban J connectivity index is 1.58. The third kappa shape index (κ3) is 1.56. The molecule has 0 saturated heterocycles. The van der Waals surface area contributed by atoms with E-state index in [4.69, 9.17) is 0 Å². The Morgan fingerprint density at radius 3 is 2.42 bits per heavy atom. The molecule has 1 atom stereocenters. The monoisotopic (exact) mass is 337 g/mol. The van der Waals surface area contributed by atoms with E-state index >= 15 is 0 Å². The highest BCUT2D eigenvalue weighted by atomic mass is 19.1. The number of aromatic nitrogens is 3. The average Bonchev–Trinajstić information content (AvgIpc) is 3.01. The summed E-state index contributed by atoms with van der Waals surface area (Å²) >= 11 is 0. The minimum absolute atomic E-state index is 0.280. The number of benzene rings is 1. The van der Waals surface area contributed by atoms with Gasteiger partial charge in [-0.2, -0.15) is 5.10 Å². The highest BCUT2D eigenvalue weighted by Gasteiger charge is 2.71. The second kappa shape index (κ2) is 4.04. The predicted molar refractivity (Wildman–Crippen MR) is 76.6 cm³/mol. The van der Waals surface area contributed by atoms with E-state index in [0.29, 0.717) is 37.9 Å². The van der Waals surface area contributed by atoms with E-state index < -0.39 is 34.6 Å². The molecule has 0 amide bonds. The van der Waals surface area contributed by atoms with E-state index in [-0.39, 0.29) is 11.3 Å². The second-order valence-electron chi connectivity index (χ2n) is 7.27. The number of fused-ring (bicyclic) bond motifs is 1. The molecule has 5 nitrogen and oxygen atoms in total. The number of aryl methyl sites for hydroxylation is 1. The van der Waals surface area contributed by atoms with Crippen LogP contribution in [-0.2, 0) is 12.0 Å². The van der Waals surface area contributed by atoms with E-state index in [0.717, 1.165) is 12.1 Å². The number of hydrogen-bond acceptors (Lipinski definition) is 3. The SMILES string of the molecule is O=c1n(C23CC(F)(C2)C3)nc2n1C(c1cc(F)c(O)c(F)c1)CC2. The Labute approximate surface area is 134 Å². The van der Waals surface area contributed by atoms with E-state index in [9.17, 15) is 23.1 Å². The molecule has 1 unspecified atom stereocenters. The van der Waals surface area contributed by atoms with Crippen molar-refractivity contribution in [3.8, 4) is 5.75 Å². The van der Waals surface area contributed by atoms with Gasteiger partial charge in [-0.05, 0) is 24.1 Å². The molecular formula is C16H14F3N3O2. The molecule has 8 heteroatoms. The van der Waals surface area contributed by atoms with Gasteiger partial charge in [0.1, 0.15) is 11.5 Å². The number of alkyl halides is 1. The van der Waals surface area contributed by atoms with E-state index in [1.165, 1.54) is 9.25 Å². The van der Waals surface area contributed by atoms with Gasteiger partial charge in [0.2, 0.25) is 0 Å². The van der Waals surface area contributed by atoms with Gasteiger partial charge in [-0.1, -0.05) is 0 Å². The molecule has 1 aromatic carbocycles. The van der Waals surface area contributed by atoms with Crippen molar-refractivity contribution in [3.05, 3.63) is 45.6 Å². The largest absolute Gasteiger partial charge is 0.503 e. The molecule has 4 aliphatic rings. The Bertz CT molecular complexity index is 906. The van der Waals surface area contributed by atoms with Gasteiger partial charge in [0.25, 0.3) is 0 Å². The Morgan fingerprint density at radius 1 is 1.21 bits per heavy atom. The van der Waals surface area contributed by atoms with Gasteiger partial charge >= 0.3 is 5.69 Å². The van der Waals surface area contributed by atoms with Crippen molar-refractivity contribution in [1.29, 1.82) is 0 Å². The van der Waals surface area contributed by atoms with E-state index in [2.05, 4.69) is 5.10 Å². The van der Waals surface area contributed by atoms with Crippen LogP contribution in [0.2, 0.25) is 0 Å². The second-order valence-corrected chi connectivity index (χ2v) is 7.27. The first-order valence-corrected chi connectivity index (χ1v) is 7.90. The summed E-state index contributed by atoms with van der Waals surface area (Å²) < 4.78 is 43.8. The summed E-state index contributed by atoms with van der Waals surface area (Å²) in [5, 5.41) is 13.6. The lowest BCUT2D eigenvalue weighted by Crippen LogP contribution is -2.72. The summed E-state index contributed by atoms with van der Waals surface area (Å²) in [5.41, 5.74) is -1.74. The lowest BCUT2D eigenvalue weighted by molar-refractivity contribution is -0.205. The zero-order valence-electron chi connectivity index (χ0n) is 12.6. The van der Waals surface area contributed by atoms with Crippen LogP contribution < -0.4 is 5.69 Å². The Kier molecular flexibility index (Phi) is 2.38. The third-order valence-electron chi connectivity index (χ3n) is 5.64. The minimum Gasteiger partial charge on any atom is -0.503 e. The molecule has 6 rings (SSSR count). The first-order valence-electron chi connectivity index (χ1n) is 7.90. The summed E-state index contributed by atoms with van der Waals surface area (Å²) in [6, 6.07) is 1.55. The van der Waals surface area contributed by atoms with Crippen molar-refractivity contribution in [2.45, 2.75) is 49.4 Å².